The molecule has 4 N–H and O–H groups in total. The van der Waals surface area contributed by atoms with Crippen molar-refractivity contribution in [1.29, 1.82) is 0 Å². The van der Waals surface area contributed by atoms with E-state index in [0.717, 1.165) is 75.4 Å². The minimum absolute atomic E-state index is 0.0896. The first-order chi connectivity index (χ1) is 68.4. The van der Waals surface area contributed by atoms with E-state index in [1.165, 1.54) is 12.1 Å². The predicted octanol–water partition coefficient (Wildman–Crippen LogP) is 21.7. The number of aryl methyl sites for hydroxylation is 9. The number of benzene rings is 9. The molecule has 0 fully saturated rings. The van der Waals surface area contributed by atoms with Crippen molar-refractivity contribution >= 4 is 71.6 Å². The van der Waals surface area contributed by atoms with Crippen molar-refractivity contribution in [1.82, 2.24) is 0 Å². The van der Waals surface area contributed by atoms with Gasteiger partial charge in [-0.3, -0.25) is 0 Å². The monoisotopic (exact) mass is 1960 g/mol. The Morgan fingerprint density at radius 3 is 0.993 bits per heavy atom. The average Bonchev–Trinajstić information content (AvgIpc) is 0.755. The summed E-state index contributed by atoms with van der Waals surface area (Å²) in [6.07, 6.45) is 14.2. The Labute approximate surface area is 832 Å². The van der Waals surface area contributed by atoms with E-state index in [1.54, 1.807) is 139 Å². The van der Waals surface area contributed by atoms with Gasteiger partial charge in [-0.2, -0.15) is 0 Å². The van der Waals surface area contributed by atoms with Crippen LogP contribution in [0.1, 0.15) is 200 Å². The van der Waals surface area contributed by atoms with Gasteiger partial charge in [0.1, 0.15) is 46.0 Å². The second-order valence-electron chi connectivity index (χ2n) is 33.0. The summed E-state index contributed by atoms with van der Waals surface area (Å²) in [5.74, 6) is -4.10. The Balaban J connectivity index is 0.000000291. The van der Waals surface area contributed by atoms with Crippen LogP contribution in [-0.2, 0) is 57.2 Å². The number of aromatic carboxylic acids is 4. The van der Waals surface area contributed by atoms with E-state index in [1.807, 2.05) is 52.8 Å². The molecular weight excluding hydrogens is 1840 g/mol. The van der Waals surface area contributed by atoms with Crippen LogP contribution in [0.2, 0.25) is 0 Å². The summed E-state index contributed by atoms with van der Waals surface area (Å²) in [6.45, 7) is 43.9. The first kappa shape index (κ1) is 114. The fraction of sp³-hybridized carbons (Fsp3) is 0.310. The average molecular weight is 1960 g/mol. The van der Waals surface area contributed by atoms with Gasteiger partial charge in [0.05, 0.1) is 113 Å². The highest BCUT2D eigenvalue weighted by molar-refractivity contribution is 6.01. The van der Waals surface area contributed by atoms with Crippen LogP contribution in [-0.4, -0.2) is 171 Å². The Morgan fingerprint density at radius 2 is 0.580 bits per heavy atom. The molecule has 0 saturated carbocycles. The minimum atomic E-state index is -1.10. The number of carbonyl (C=O) groups is 12. The Kier molecular flexibility index (Phi) is 46.2. The van der Waals surface area contributed by atoms with Crippen LogP contribution in [0.25, 0.3) is 44.5 Å². The molecule has 0 aliphatic carbocycles. The van der Waals surface area contributed by atoms with Gasteiger partial charge in [-0.25, -0.2) is 57.5 Å². The Hall–Kier alpha value is -16.1. The van der Waals surface area contributed by atoms with Gasteiger partial charge in [0.15, 0.2) is 0 Å². The van der Waals surface area contributed by atoms with Crippen molar-refractivity contribution in [2.24, 2.45) is 0 Å². The molecule has 0 aliphatic rings. The van der Waals surface area contributed by atoms with E-state index >= 15 is 0 Å². The van der Waals surface area contributed by atoms with Gasteiger partial charge in [0, 0.05) is 53.1 Å². The van der Waals surface area contributed by atoms with Crippen molar-refractivity contribution in [3.05, 3.63) is 298 Å². The summed E-state index contributed by atoms with van der Waals surface area (Å²) in [6, 6.07) is 35.4. The van der Waals surface area contributed by atoms with Gasteiger partial charge in [-0.05, 0) is 333 Å². The summed E-state index contributed by atoms with van der Waals surface area (Å²) in [4.78, 5) is 142. The molecule has 9 rings (SSSR count). The van der Waals surface area contributed by atoms with Crippen molar-refractivity contribution < 1.29 is 144 Å². The lowest BCUT2D eigenvalue weighted by molar-refractivity contribution is -0.138. The maximum Gasteiger partial charge on any atom is 0.343 e. The topological polar surface area (TPSA) is 415 Å². The first-order valence-corrected chi connectivity index (χ1v) is 46.4. The molecule has 0 saturated heterocycles. The summed E-state index contributed by atoms with van der Waals surface area (Å²) < 4.78 is 77.2. The molecule has 9 aromatic carbocycles. The molecule has 0 amide bonds. The van der Waals surface area contributed by atoms with Gasteiger partial charge in [-0.15, -0.1) is 0 Å². The zero-order valence-corrected chi connectivity index (χ0v) is 82.7. The summed E-state index contributed by atoms with van der Waals surface area (Å²) in [7, 11) is 0. The van der Waals surface area contributed by atoms with Crippen LogP contribution in [0.15, 0.2) is 203 Å². The number of carboxylic acid groups (broad SMARTS) is 4. The zero-order valence-electron chi connectivity index (χ0n) is 82.7. The van der Waals surface area contributed by atoms with Crippen LogP contribution in [0.4, 0.5) is 0 Å². The van der Waals surface area contributed by atoms with E-state index in [-0.39, 0.29) is 48.7 Å². The van der Waals surface area contributed by atoms with Crippen molar-refractivity contribution in [2.45, 2.75) is 153 Å². The predicted molar refractivity (Wildman–Crippen MR) is 539 cm³/mol. The number of ether oxygens (including phenoxy) is 14. The second-order valence-corrected chi connectivity index (χ2v) is 33.0. The molecule has 0 bridgehead atoms. The van der Waals surface area contributed by atoms with Gasteiger partial charge < -0.3 is 86.7 Å². The minimum Gasteiger partial charge on any atom is -0.494 e. The van der Waals surface area contributed by atoms with Gasteiger partial charge in [0.2, 0.25) is 0 Å². The smallest absolute Gasteiger partial charge is 0.343 e. The van der Waals surface area contributed by atoms with Gasteiger partial charge in [-0.1, -0.05) is 75.9 Å². The van der Waals surface area contributed by atoms with E-state index in [9.17, 15) is 78.0 Å². The van der Waals surface area contributed by atoms with Crippen molar-refractivity contribution in [2.75, 3.05) is 79.3 Å². The molecule has 0 unspecified atom stereocenters. The van der Waals surface area contributed by atoms with Crippen LogP contribution in [0.5, 0.6) is 46.0 Å². The summed E-state index contributed by atoms with van der Waals surface area (Å²) >= 11 is 0. The van der Waals surface area contributed by atoms with Crippen LogP contribution < -0.4 is 37.9 Å². The summed E-state index contributed by atoms with van der Waals surface area (Å²) in [5, 5.41) is 39.7. The standard InChI is InChI=1S/2C39H44O10.C35H36O10/c1-8-32(40)46-16-10-12-18-48-36-24(4)21-30(38(42)43)26(6)34(36)28-14-15-29(23(3)20-28)35-27(7)31(39(44)45)22-25(5)37(35)49-19-13-11-17-47-33(41)9-2;1-8-35(40)45-17-11-10-16-44-34-24-25(3)32(23-27(34)5)39(43)48-31-14-15-33(26(4)22-31)49-38(42)30-20-28(6)37(29(7)21-30)47-19-13-12-18-46-36(41)9-2;1-4-32(36)44-18-8-6-16-42-25-11-14-28(34(38)39)30(21-25)24-10-13-27(23(3)20-24)31-22-26(12-15-29(31)35(40)41)43-17-7-9-19-45-33(37)5-2/h8-9,14-15,20-22H,1-2,10-13,16-19H2,3-7H3,(H,42,43)(H,44,45);8-9,14-15,20-24H,1-2,10-13,16-19H2,3-7H3;4-5,10-15,20-22H,1-2,6-9,16-19H2,3H3,(H,38,39)(H,40,41). The molecular formula is C113H124O30. The SMILES string of the molecule is C=CC(=O)OCCCCOc1c(C)cc(C(=O)O)c(C)c1-c1ccc(-c2c(C)c(C(=O)O)cc(C)c2OCCCCOC(=O)C=C)c(C)c1.C=CC(=O)OCCCCOc1cc(C)c(C(=O)Oc2ccc(OC(=O)c3cc(C)c(OCCCCOC(=O)C=C)c(C)c3)c(C)c2)cc1C.C=CC(=O)OCCCCOc1ccc(C(=O)O)c(-c2ccc(-c3cc(OCCCCOC(=O)C=C)ccc3C(=O)O)c(C)c2)c1. The normalized spacial score (nSPS) is 10.5. The Morgan fingerprint density at radius 1 is 0.245 bits per heavy atom. The van der Waals surface area contributed by atoms with Crippen LogP contribution >= 0.6 is 0 Å². The summed E-state index contributed by atoms with van der Waals surface area (Å²) in [5.41, 5.74) is 13.9. The molecule has 0 spiro atoms. The Bertz CT molecular complexity index is 6140. The maximum absolute atomic E-state index is 13.1. The quantitative estimate of drug-likeness (QED) is 0.00904. The number of unbranched alkanes of at least 4 members (excludes halogenated alkanes) is 6. The second kappa shape index (κ2) is 58.0. The van der Waals surface area contributed by atoms with E-state index in [4.69, 9.17) is 66.3 Å². The van der Waals surface area contributed by atoms with Gasteiger partial charge >= 0.3 is 71.6 Å². The highest BCUT2D eigenvalue weighted by Gasteiger charge is 2.27. The number of hydrogen-bond donors (Lipinski definition) is 4. The molecule has 756 valence electrons. The van der Waals surface area contributed by atoms with Crippen molar-refractivity contribution in [3.63, 3.8) is 0 Å². The molecule has 0 aromatic heterocycles. The van der Waals surface area contributed by atoms with Crippen LogP contribution in [0.3, 0.4) is 0 Å². The number of carboxylic acids is 4. The molecule has 0 aliphatic heterocycles. The third-order valence-electron chi connectivity index (χ3n) is 22.2. The highest BCUT2D eigenvalue weighted by atomic mass is 16.6. The first-order valence-electron chi connectivity index (χ1n) is 46.4. The lowest BCUT2D eigenvalue weighted by Gasteiger charge is -2.22. The maximum atomic E-state index is 13.1. The lowest BCUT2D eigenvalue weighted by Crippen LogP contribution is -2.13. The molecule has 30 heteroatoms. The number of carbonyl (C=O) groups excluding carboxylic acids is 8. The largest absolute Gasteiger partial charge is 0.494 e. The number of esters is 8. The highest BCUT2D eigenvalue weighted by Crippen LogP contribution is 2.45. The number of rotatable bonds is 54. The molecule has 143 heavy (non-hydrogen) atoms. The van der Waals surface area contributed by atoms with E-state index < -0.39 is 71.6 Å². The number of hydrogen-bond acceptors (Lipinski definition) is 26. The lowest BCUT2D eigenvalue weighted by atomic mass is 9.87. The molecule has 0 atom stereocenters. The van der Waals surface area contributed by atoms with Gasteiger partial charge in [0.25, 0.3) is 0 Å². The molecule has 0 radical (unpaired) electrons. The molecule has 30 nitrogen and oxygen atoms in total. The van der Waals surface area contributed by atoms with Crippen molar-refractivity contribution in [3.8, 4) is 90.5 Å². The van der Waals surface area contributed by atoms with E-state index in [0.29, 0.717) is 254 Å². The molecule has 9 aromatic rings. The van der Waals surface area contributed by atoms with E-state index in [2.05, 4.69) is 39.5 Å². The third kappa shape index (κ3) is 35.0. The fourth-order valence-electron chi connectivity index (χ4n) is 14.8. The fourth-order valence-corrected chi connectivity index (χ4v) is 14.8. The molecule has 0 heterocycles. The third-order valence-corrected chi connectivity index (χ3v) is 22.2. The van der Waals surface area contributed by atoms with Crippen LogP contribution in [0, 0.1) is 76.2 Å². The zero-order chi connectivity index (χ0) is 105.